The van der Waals surface area contributed by atoms with E-state index in [1.807, 2.05) is 50.9 Å². The minimum absolute atomic E-state index is 0.0585. The third kappa shape index (κ3) is 13.4. The summed E-state index contributed by atoms with van der Waals surface area (Å²) in [7, 11) is 5.27. The highest BCUT2D eigenvalue weighted by molar-refractivity contribution is 5.73. The van der Waals surface area contributed by atoms with Crippen LogP contribution in [0.2, 0.25) is 0 Å². The molecule has 20 heteroatoms. The lowest BCUT2D eigenvalue weighted by Crippen LogP contribution is -2.62. The molecule has 18 atom stereocenters. The van der Waals surface area contributed by atoms with Crippen molar-refractivity contribution in [1.82, 2.24) is 24.8 Å². The van der Waals surface area contributed by atoms with Crippen LogP contribution in [0.1, 0.15) is 101 Å². The van der Waals surface area contributed by atoms with Gasteiger partial charge in [-0.15, -0.1) is 5.10 Å². The van der Waals surface area contributed by atoms with E-state index in [4.69, 9.17) is 28.4 Å². The van der Waals surface area contributed by atoms with E-state index in [1.165, 1.54) is 26.2 Å². The van der Waals surface area contributed by atoms with Gasteiger partial charge in [-0.3, -0.25) is 14.9 Å². The number of carbonyl (C=O) groups excluding carboxylic acids is 1. The van der Waals surface area contributed by atoms with Gasteiger partial charge in [0.25, 0.3) is 5.69 Å². The molecule has 392 valence electrons. The maximum absolute atomic E-state index is 14.6. The van der Waals surface area contributed by atoms with Crippen LogP contribution in [0, 0.1) is 33.8 Å². The van der Waals surface area contributed by atoms with Crippen LogP contribution >= 0.6 is 0 Å². The Labute approximate surface area is 407 Å². The van der Waals surface area contributed by atoms with E-state index in [9.17, 15) is 40.4 Å². The van der Waals surface area contributed by atoms with E-state index < -0.39 is 107 Å². The summed E-state index contributed by atoms with van der Waals surface area (Å²) in [6.07, 6.45) is -5.25. The SMILES string of the molecule is CC[C@H]1OC(=O)[C@H](C)C([C@H]2C[C@@](C)(OC)[C@@H](O)[C@H](C)O2)[C@H](C)[C@@H](O[C@@H]2O[C@H](C)C[C@H](N(C)CCc3cn(CCOc4cccc([N+](=O)[O-])c4)nn3)[C@H]2O)[C@](C)(O)C[C@@H](C)CN(C)[C@H](C)[C@@H](O)[C@]1(C)O. The molecule has 3 aliphatic rings. The highest BCUT2D eigenvalue weighted by atomic mass is 16.7. The molecule has 3 saturated heterocycles. The zero-order chi connectivity index (χ0) is 51.3. The van der Waals surface area contributed by atoms with E-state index >= 15 is 0 Å². The van der Waals surface area contributed by atoms with E-state index in [-0.39, 0.29) is 43.6 Å². The monoisotopic (exact) mass is 979 g/mol. The molecular weight excluding hydrogens is 897 g/mol. The van der Waals surface area contributed by atoms with Crippen LogP contribution in [-0.4, -0.2) is 186 Å². The van der Waals surface area contributed by atoms with Crippen LogP contribution in [0.15, 0.2) is 30.5 Å². The Hall–Kier alpha value is -3.41. The summed E-state index contributed by atoms with van der Waals surface area (Å²) in [5.41, 5.74) is -3.84. The summed E-state index contributed by atoms with van der Waals surface area (Å²) in [5, 5.41) is 79.6. The molecule has 1 aromatic carbocycles. The standard InChI is InChI=1S/C49H82N6O14/c1-14-39-49(10,61)42(57)32(6)53(12)26-28(2)24-47(8,60)44(30(4)40(31(5)45(59)68-39)38-25-48(9,64-13)43(58)33(7)67-38)69-46-41(56)37(22-29(3)66-46)52(11)19-18-34-27-54(51-50-34)20-21-65-36-17-15-16-35(23-36)55(62)63/h15-17,23,27-33,37-44,46,56-58,60-61H,14,18-22,24-26H2,1-13H3/t28-,29-,30+,31-,32-,33+,37+,38-,39-,40?,41-,42-,43+,44-,46+,47-,48-,49-/m1/s1. The van der Waals surface area contributed by atoms with E-state index in [1.54, 1.807) is 58.4 Å². The molecule has 0 amide bonds. The van der Waals surface area contributed by atoms with Gasteiger partial charge in [0.1, 0.15) is 42.4 Å². The van der Waals surface area contributed by atoms with Gasteiger partial charge in [0.15, 0.2) is 6.29 Å². The number of nitro benzene ring substituents is 1. The quantitative estimate of drug-likeness (QED) is 0.103. The Morgan fingerprint density at radius 3 is 2.38 bits per heavy atom. The molecule has 0 saturated carbocycles. The lowest BCUT2D eigenvalue weighted by Gasteiger charge is -2.51. The molecule has 1 aromatic heterocycles. The van der Waals surface area contributed by atoms with Gasteiger partial charge < -0.3 is 63.8 Å². The minimum Gasteiger partial charge on any atom is -0.491 e. The predicted molar refractivity (Wildman–Crippen MR) is 254 cm³/mol. The summed E-state index contributed by atoms with van der Waals surface area (Å²) >= 11 is 0. The molecule has 1 unspecified atom stereocenters. The topological polar surface area (TPSA) is 254 Å². The molecule has 3 fully saturated rings. The van der Waals surface area contributed by atoms with E-state index in [0.29, 0.717) is 43.9 Å². The van der Waals surface area contributed by atoms with E-state index in [0.717, 1.165) is 0 Å². The lowest BCUT2D eigenvalue weighted by molar-refractivity contribution is -0.384. The molecule has 5 N–H and O–H groups in total. The van der Waals surface area contributed by atoms with Crippen molar-refractivity contribution in [3.63, 3.8) is 0 Å². The van der Waals surface area contributed by atoms with Crippen molar-refractivity contribution < 1.29 is 63.7 Å². The Bertz CT molecular complexity index is 1970. The average molecular weight is 979 g/mol. The van der Waals surface area contributed by atoms with Crippen LogP contribution in [0.4, 0.5) is 5.69 Å². The number of aliphatic hydroxyl groups is 5. The molecule has 0 aliphatic carbocycles. The Kier molecular flexibility index (Phi) is 19.2. The van der Waals surface area contributed by atoms with Crippen molar-refractivity contribution in [1.29, 1.82) is 0 Å². The largest absolute Gasteiger partial charge is 0.491 e. The fraction of sp³-hybridized carbons (Fsp3) is 0.816. The van der Waals surface area contributed by atoms with Crippen molar-refractivity contribution in [2.24, 2.45) is 23.7 Å². The Morgan fingerprint density at radius 1 is 1.03 bits per heavy atom. The average Bonchev–Trinajstić information content (AvgIpc) is 3.75. The third-order valence-electron chi connectivity index (χ3n) is 15.4. The molecule has 0 bridgehead atoms. The first-order valence-corrected chi connectivity index (χ1v) is 24.6. The minimum atomic E-state index is -1.82. The highest BCUT2D eigenvalue weighted by Gasteiger charge is 2.55. The zero-order valence-electron chi connectivity index (χ0n) is 43.0. The third-order valence-corrected chi connectivity index (χ3v) is 15.4. The van der Waals surface area contributed by atoms with Gasteiger partial charge in [0, 0.05) is 63.3 Å². The number of aromatic nitrogens is 3. The smallest absolute Gasteiger partial charge is 0.309 e. The number of rotatable bonds is 14. The highest BCUT2D eigenvalue weighted by Crippen LogP contribution is 2.45. The molecule has 2 aromatic rings. The number of hydrogen-bond donors (Lipinski definition) is 5. The van der Waals surface area contributed by atoms with E-state index in [2.05, 4.69) is 10.3 Å². The van der Waals surface area contributed by atoms with Gasteiger partial charge in [-0.2, -0.15) is 0 Å². The fourth-order valence-corrected chi connectivity index (χ4v) is 11.2. The number of hydrogen-bond acceptors (Lipinski definition) is 18. The number of nitro groups is 1. The van der Waals surface area contributed by atoms with Crippen LogP contribution in [0.3, 0.4) is 0 Å². The number of ether oxygens (including phenoxy) is 6. The second-order valence-corrected chi connectivity index (χ2v) is 21.1. The molecule has 4 heterocycles. The van der Waals surface area contributed by atoms with Crippen molar-refractivity contribution in [3.05, 3.63) is 46.3 Å². The number of aliphatic hydroxyl groups excluding tert-OH is 3. The summed E-state index contributed by atoms with van der Waals surface area (Å²) in [4.78, 5) is 29.2. The second kappa shape index (κ2) is 23.4. The molecule has 5 rings (SSSR count). The predicted octanol–water partition coefficient (Wildman–Crippen LogP) is 3.37. The van der Waals surface area contributed by atoms with Crippen molar-refractivity contribution in [2.45, 2.75) is 192 Å². The van der Waals surface area contributed by atoms with Crippen LogP contribution in [0.5, 0.6) is 5.75 Å². The van der Waals surface area contributed by atoms with Gasteiger partial charge in [-0.1, -0.05) is 39.0 Å². The number of cyclic esters (lactones) is 1. The summed E-state index contributed by atoms with van der Waals surface area (Å²) < 4.78 is 39.4. The van der Waals surface area contributed by atoms with Gasteiger partial charge in [0.2, 0.25) is 0 Å². The molecule has 0 radical (unpaired) electrons. The molecule has 20 nitrogen and oxygen atoms in total. The Balaban J connectivity index is 1.42. The first-order valence-electron chi connectivity index (χ1n) is 24.6. The van der Waals surface area contributed by atoms with Gasteiger partial charge in [-0.25, -0.2) is 4.68 Å². The van der Waals surface area contributed by atoms with Gasteiger partial charge in [0.05, 0.1) is 64.8 Å². The van der Waals surface area contributed by atoms with Crippen LogP contribution in [0.25, 0.3) is 0 Å². The number of esters is 1. The van der Waals surface area contributed by atoms with Crippen molar-refractivity contribution >= 4 is 11.7 Å². The molecule has 3 aliphatic heterocycles. The van der Waals surface area contributed by atoms with Gasteiger partial charge >= 0.3 is 5.97 Å². The number of methoxy groups -OCH3 is 1. The maximum Gasteiger partial charge on any atom is 0.309 e. The number of carbonyl (C=O) groups is 1. The molecule has 69 heavy (non-hydrogen) atoms. The zero-order valence-corrected chi connectivity index (χ0v) is 43.0. The van der Waals surface area contributed by atoms with Crippen molar-refractivity contribution in [3.8, 4) is 5.75 Å². The molecular formula is C49H82N6O14. The molecule has 0 spiro atoms. The Morgan fingerprint density at radius 2 is 1.72 bits per heavy atom. The van der Waals surface area contributed by atoms with Crippen LogP contribution in [-0.2, 0) is 41.4 Å². The summed E-state index contributed by atoms with van der Waals surface area (Å²) in [6, 6.07) is 4.98. The normalized spacial score (nSPS) is 40.2. The first-order chi connectivity index (χ1) is 32.2. The second-order valence-electron chi connectivity index (χ2n) is 21.1. The van der Waals surface area contributed by atoms with Crippen LogP contribution < -0.4 is 4.74 Å². The first kappa shape index (κ1) is 56.5. The number of non-ortho nitro benzene ring substituents is 1. The number of benzene rings is 1. The maximum atomic E-state index is 14.6. The fourth-order valence-electron chi connectivity index (χ4n) is 11.2. The summed E-state index contributed by atoms with van der Waals surface area (Å²) in [6.45, 7) is 19.3. The summed E-state index contributed by atoms with van der Waals surface area (Å²) in [5.74, 6) is -2.83. The number of likely N-dealkylation sites (N-methyl/N-ethyl adjacent to an activating group) is 2. The number of nitrogens with zero attached hydrogens (tertiary/aromatic N) is 6. The van der Waals surface area contributed by atoms with Gasteiger partial charge in [-0.05, 0) is 92.8 Å². The lowest BCUT2D eigenvalue weighted by atomic mass is 9.68. The van der Waals surface area contributed by atoms with Crippen molar-refractivity contribution in [2.75, 3.05) is 40.9 Å².